The lowest BCUT2D eigenvalue weighted by molar-refractivity contribution is -0.137. The Labute approximate surface area is 230 Å². The first-order chi connectivity index (χ1) is 18.9. The van der Waals surface area contributed by atoms with E-state index in [1.54, 1.807) is 12.1 Å². The molecular formula is C34H37NO4. The van der Waals surface area contributed by atoms with Crippen molar-refractivity contribution >= 4 is 28.7 Å². The highest BCUT2D eigenvalue weighted by atomic mass is 16.5. The maximum Gasteiger partial charge on any atom is 0.303 e. The maximum absolute atomic E-state index is 13.3. The van der Waals surface area contributed by atoms with E-state index in [0.29, 0.717) is 36.6 Å². The molecule has 0 amide bonds. The summed E-state index contributed by atoms with van der Waals surface area (Å²) in [4.78, 5) is 24.3. The summed E-state index contributed by atoms with van der Waals surface area (Å²) in [5.41, 5.74) is 4.83. The summed E-state index contributed by atoms with van der Waals surface area (Å²) < 4.78 is 7.89. The van der Waals surface area contributed by atoms with E-state index in [0.717, 1.165) is 35.9 Å². The minimum Gasteiger partial charge on any atom is -0.494 e. The molecule has 0 unspecified atom stereocenters. The number of para-hydroxylation sites is 1. The van der Waals surface area contributed by atoms with Crippen molar-refractivity contribution in [3.63, 3.8) is 0 Å². The molecule has 5 heteroatoms. The smallest absolute Gasteiger partial charge is 0.303 e. The monoisotopic (exact) mass is 523 g/mol. The van der Waals surface area contributed by atoms with Gasteiger partial charge in [0.2, 0.25) is 0 Å². The van der Waals surface area contributed by atoms with Gasteiger partial charge in [0.15, 0.2) is 5.78 Å². The lowest BCUT2D eigenvalue weighted by Crippen LogP contribution is -2.03. The Hall–Kier alpha value is -4.12. The average molecular weight is 524 g/mol. The second kappa shape index (κ2) is 13.6. The van der Waals surface area contributed by atoms with Gasteiger partial charge in [-0.2, -0.15) is 0 Å². The molecule has 0 bridgehead atoms. The van der Waals surface area contributed by atoms with Crippen LogP contribution in [0.25, 0.3) is 17.0 Å². The number of hydrogen-bond donors (Lipinski definition) is 1. The minimum absolute atomic E-state index is 0.0578. The van der Waals surface area contributed by atoms with Crippen LogP contribution in [0, 0.1) is 5.92 Å². The zero-order chi connectivity index (χ0) is 27.6. The number of allylic oxidation sites excluding steroid dienone is 1. The third-order valence-electron chi connectivity index (χ3n) is 6.70. The predicted molar refractivity (Wildman–Crippen MR) is 157 cm³/mol. The molecule has 0 spiro atoms. The largest absolute Gasteiger partial charge is 0.494 e. The summed E-state index contributed by atoms with van der Waals surface area (Å²) >= 11 is 0. The predicted octanol–water partition coefficient (Wildman–Crippen LogP) is 7.81. The van der Waals surface area contributed by atoms with Crippen LogP contribution in [0.4, 0.5) is 0 Å². The molecule has 0 fully saturated rings. The second-order valence-corrected chi connectivity index (χ2v) is 10.3. The lowest BCUT2D eigenvalue weighted by atomic mass is 9.97. The fourth-order valence-corrected chi connectivity index (χ4v) is 4.80. The van der Waals surface area contributed by atoms with Crippen molar-refractivity contribution < 1.29 is 19.4 Å². The van der Waals surface area contributed by atoms with Crippen molar-refractivity contribution in [2.24, 2.45) is 5.92 Å². The van der Waals surface area contributed by atoms with Crippen LogP contribution in [0.15, 0.2) is 85.1 Å². The van der Waals surface area contributed by atoms with Crippen LogP contribution < -0.4 is 4.74 Å². The van der Waals surface area contributed by atoms with Gasteiger partial charge in [-0.05, 0) is 73.1 Å². The number of benzene rings is 3. The molecule has 1 aromatic heterocycles. The number of unbranched alkanes of at least 4 members (excludes halogenated alkanes) is 1. The Bertz CT molecular complexity index is 1430. The van der Waals surface area contributed by atoms with Crippen molar-refractivity contribution in [3.8, 4) is 5.75 Å². The lowest BCUT2D eigenvalue weighted by Gasteiger charge is -2.08. The van der Waals surface area contributed by atoms with Crippen molar-refractivity contribution in [3.05, 3.63) is 107 Å². The number of rotatable bonds is 14. The van der Waals surface area contributed by atoms with Gasteiger partial charge in [0, 0.05) is 41.2 Å². The number of carbonyl (C=O) groups excluding carboxylic acids is 1. The van der Waals surface area contributed by atoms with Crippen LogP contribution in [0.1, 0.15) is 66.6 Å². The summed E-state index contributed by atoms with van der Waals surface area (Å²) in [6, 6.07) is 23.6. The van der Waals surface area contributed by atoms with Crippen LogP contribution in [0.2, 0.25) is 0 Å². The number of aryl methyl sites for hydroxylation is 1. The van der Waals surface area contributed by atoms with Gasteiger partial charge in [0.05, 0.1) is 6.61 Å². The first-order valence-electron chi connectivity index (χ1n) is 13.7. The summed E-state index contributed by atoms with van der Waals surface area (Å²) in [5, 5.41) is 9.83. The molecule has 0 aliphatic carbocycles. The first kappa shape index (κ1) is 27.9. The number of aliphatic carboxylic acids is 1. The van der Waals surface area contributed by atoms with Crippen LogP contribution in [-0.4, -0.2) is 28.0 Å². The average Bonchev–Trinajstić information content (AvgIpc) is 3.29. The van der Waals surface area contributed by atoms with Gasteiger partial charge >= 0.3 is 5.97 Å². The van der Waals surface area contributed by atoms with Crippen molar-refractivity contribution in [2.75, 3.05) is 6.61 Å². The molecule has 3 aromatic carbocycles. The van der Waals surface area contributed by atoms with Crippen LogP contribution >= 0.6 is 0 Å². The van der Waals surface area contributed by atoms with Crippen LogP contribution in [0.5, 0.6) is 5.75 Å². The van der Waals surface area contributed by atoms with Gasteiger partial charge in [-0.1, -0.05) is 68.5 Å². The fourth-order valence-electron chi connectivity index (χ4n) is 4.80. The van der Waals surface area contributed by atoms with E-state index in [1.165, 1.54) is 11.1 Å². The molecule has 1 N–H and O–H groups in total. The molecule has 4 aromatic rings. The Balaban J connectivity index is 1.31. The highest BCUT2D eigenvalue weighted by Crippen LogP contribution is 2.25. The summed E-state index contributed by atoms with van der Waals surface area (Å²) in [6.07, 6.45) is 9.79. The van der Waals surface area contributed by atoms with Crippen molar-refractivity contribution in [1.82, 2.24) is 4.57 Å². The number of fused-ring (bicyclic) bond motifs is 1. The van der Waals surface area contributed by atoms with Gasteiger partial charge in [-0.15, -0.1) is 0 Å². The highest BCUT2D eigenvalue weighted by Gasteiger charge is 2.17. The Morgan fingerprint density at radius 1 is 0.949 bits per heavy atom. The number of carboxylic acids is 1. The van der Waals surface area contributed by atoms with Crippen LogP contribution in [0.3, 0.4) is 0 Å². The molecule has 1 heterocycles. The molecule has 0 atom stereocenters. The zero-order valence-corrected chi connectivity index (χ0v) is 22.8. The number of hydrogen-bond acceptors (Lipinski definition) is 3. The number of carbonyl (C=O) groups is 2. The molecular weight excluding hydrogens is 486 g/mol. The number of nitrogens with zero attached hydrogens (tertiary/aromatic N) is 1. The Morgan fingerprint density at radius 2 is 1.69 bits per heavy atom. The van der Waals surface area contributed by atoms with Gasteiger partial charge in [-0.25, -0.2) is 0 Å². The number of ether oxygens (including phenoxy) is 1. The summed E-state index contributed by atoms with van der Waals surface area (Å²) in [7, 11) is 0. The van der Waals surface area contributed by atoms with E-state index in [9.17, 15) is 9.59 Å². The molecule has 39 heavy (non-hydrogen) atoms. The first-order valence-corrected chi connectivity index (χ1v) is 13.7. The van der Waals surface area contributed by atoms with Crippen molar-refractivity contribution in [2.45, 2.75) is 52.5 Å². The third kappa shape index (κ3) is 7.70. The van der Waals surface area contributed by atoms with Gasteiger partial charge in [-0.3, -0.25) is 9.59 Å². The van der Waals surface area contributed by atoms with E-state index in [1.807, 2.05) is 47.2 Å². The van der Waals surface area contributed by atoms with Gasteiger partial charge in [0.25, 0.3) is 0 Å². The van der Waals surface area contributed by atoms with Crippen LogP contribution in [-0.2, 0) is 17.8 Å². The number of carboxylic acid groups (broad SMARTS) is 1. The standard InChI is InChI=1S/C34H37NO4/c1-25(2)23-28-13-6-5-12-26(28)11-4-3-9-22-39-29-19-17-27(18-20-29)34(38)31-24-35(21-10-16-33(36)37)32-15-8-7-14-30(31)32/h4-8,11-15,17-20,24-25H,3,9-10,16,21-23H2,1-2H3,(H,36,37). The Kier molecular flexibility index (Phi) is 9.74. The minimum atomic E-state index is -0.815. The van der Waals surface area contributed by atoms with E-state index in [2.05, 4.69) is 50.3 Å². The second-order valence-electron chi connectivity index (χ2n) is 10.3. The maximum atomic E-state index is 13.3. The Morgan fingerprint density at radius 3 is 2.46 bits per heavy atom. The molecule has 5 nitrogen and oxygen atoms in total. The summed E-state index contributed by atoms with van der Waals surface area (Å²) in [5.74, 6) is 0.501. The molecule has 4 rings (SSSR count). The SMILES string of the molecule is CC(C)Cc1ccccc1C=CCCCOc1ccc(C(=O)c2cn(CCCC(=O)O)c3ccccc23)cc1. The zero-order valence-electron chi connectivity index (χ0n) is 22.8. The normalized spacial score (nSPS) is 11.5. The highest BCUT2D eigenvalue weighted by molar-refractivity contribution is 6.16. The van der Waals surface area contributed by atoms with E-state index >= 15 is 0 Å². The molecule has 0 saturated heterocycles. The van der Waals surface area contributed by atoms with E-state index in [4.69, 9.17) is 9.84 Å². The molecule has 0 saturated carbocycles. The molecule has 0 aliphatic rings. The van der Waals surface area contributed by atoms with E-state index in [-0.39, 0.29) is 12.2 Å². The molecule has 202 valence electrons. The van der Waals surface area contributed by atoms with E-state index < -0.39 is 5.97 Å². The van der Waals surface area contributed by atoms with Crippen molar-refractivity contribution in [1.29, 1.82) is 0 Å². The van der Waals surface area contributed by atoms with Gasteiger partial charge < -0.3 is 14.4 Å². The topological polar surface area (TPSA) is 68.5 Å². The quantitative estimate of drug-likeness (QED) is 0.135. The molecule has 0 radical (unpaired) electrons. The number of ketones is 1. The van der Waals surface area contributed by atoms with Gasteiger partial charge in [0.1, 0.15) is 5.75 Å². The number of aromatic nitrogens is 1. The molecule has 0 aliphatic heterocycles. The summed E-state index contributed by atoms with van der Waals surface area (Å²) in [6.45, 7) is 5.64. The fraction of sp³-hybridized carbons (Fsp3) is 0.294. The third-order valence-corrected chi connectivity index (χ3v) is 6.70.